The number of rotatable bonds is 4. The number of methoxy groups -OCH3 is 1. The lowest BCUT2D eigenvalue weighted by atomic mass is 10.1. The average molecular weight is 287 g/mol. The van der Waals surface area contributed by atoms with Crippen LogP contribution in [-0.4, -0.2) is 30.6 Å². The molecule has 0 aliphatic rings. The second-order valence-corrected chi connectivity index (χ2v) is 4.51. The van der Waals surface area contributed by atoms with Crippen molar-refractivity contribution in [1.29, 1.82) is 0 Å². The predicted molar refractivity (Wildman–Crippen MR) is 78.3 cm³/mol. The molecular formula is C16H17NO4. The third kappa shape index (κ3) is 3.13. The fraction of sp³-hybridized carbons (Fsp3) is 0.250. The summed E-state index contributed by atoms with van der Waals surface area (Å²) in [6.45, 7) is 3.93. The fourth-order valence-corrected chi connectivity index (χ4v) is 2.04. The number of hydrogen-bond donors (Lipinski definition) is 1. The Balaban J connectivity index is 2.28. The highest BCUT2D eigenvalue weighted by molar-refractivity contribution is 5.93. The quantitative estimate of drug-likeness (QED) is 0.878. The minimum absolute atomic E-state index is 0.340. The van der Waals surface area contributed by atoms with Gasteiger partial charge in [0.2, 0.25) is 0 Å². The molecular weight excluding hydrogens is 270 g/mol. The summed E-state index contributed by atoms with van der Waals surface area (Å²) in [7, 11) is 1.34. The Labute approximate surface area is 122 Å². The van der Waals surface area contributed by atoms with Crippen LogP contribution in [0.4, 0.5) is 0 Å². The summed E-state index contributed by atoms with van der Waals surface area (Å²) < 4.78 is 9.66. The van der Waals surface area contributed by atoms with E-state index in [-0.39, 0.29) is 11.9 Å². The molecule has 5 nitrogen and oxygen atoms in total. The highest BCUT2D eigenvalue weighted by Gasteiger charge is 2.14. The lowest BCUT2D eigenvalue weighted by Gasteiger charge is -2.01. The Morgan fingerprint density at radius 3 is 2.38 bits per heavy atom. The van der Waals surface area contributed by atoms with E-state index in [0.717, 1.165) is 17.0 Å². The number of esters is 2. The Kier molecular flexibility index (Phi) is 4.42. The molecule has 0 aliphatic heterocycles. The Bertz CT molecular complexity index is 655. The van der Waals surface area contributed by atoms with Gasteiger partial charge < -0.3 is 14.5 Å². The number of carbonyl (C=O) groups is 2. The molecule has 0 amide bonds. The minimum atomic E-state index is -0.378. The van der Waals surface area contributed by atoms with E-state index in [4.69, 9.17) is 4.74 Å². The maximum absolute atomic E-state index is 11.8. The number of nitrogens with one attached hydrogen (secondary N) is 1. The van der Waals surface area contributed by atoms with Gasteiger partial charge in [-0.15, -0.1) is 0 Å². The zero-order valence-electron chi connectivity index (χ0n) is 12.2. The zero-order valence-corrected chi connectivity index (χ0v) is 12.2. The maximum atomic E-state index is 11.8. The van der Waals surface area contributed by atoms with Gasteiger partial charge in [-0.05, 0) is 37.6 Å². The van der Waals surface area contributed by atoms with Gasteiger partial charge in [0.05, 0.1) is 24.8 Å². The van der Waals surface area contributed by atoms with Gasteiger partial charge >= 0.3 is 11.9 Å². The SMILES string of the molecule is CCOC(=O)c1cc(-c2ccc(C(=O)OC)cc2)[nH]c1C. The van der Waals surface area contributed by atoms with Crippen molar-refractivity contribution in [3.8, 4) is 11.3 Å². The first kappa shape index (κ1) is 14.8. The lowest BCUT2D eigenvalue weighted by molar-refractivity contribution is 0.0524. The molecule has 21 heavy (non-hydrogen) atoms. The first-order chi connectivity index (χ1) is 10.1. The largest absolute Gasteiger partial charge is 0.465 e. The van der Waals surface area contributed by atoms with Gasteiger partial charge in [0.15, 0.2) is 0 Å². The Morgan fingerprint density at radius 1 is 1.14 bits per heavy atom. The van der Waals surface area contributed by atoms with Crippen molar-refractivity contribution in [2.75, 3.05) is 13.7 Å². The van der Waals surface area contributed by atoms with Crippen LogP contribution in [-0.2, 0) is 9.47 Å². The fourth-order valence-electron chi connectivity index (χ4n) is 2.04. The van der Waals surface area contributed by atoms with E-state index in [0.29, 0.717) is 17.7 Å². The van der Waals surface area contributed by atoms with Crippen LogP contribution >= 0.6 is 0 Å². The molecule has 2 rings (SSSR count). The number of hydrogen-bond acceptors (Lipinski definition) is 4. The van der Waals surface area contributed by atoms with Gasteiger partial charge in [0, 0.05) is 11.4 Å². The topological polar surface area (TPSA) is 68.4 Å². The summed E-state index contributed by atoms with van der Waals surface area (Å²) in [5, 5.41) is 0. The van der Waals surface area contributed by atoms with Gasteiger partial charge in [-0.1, -0.05) is 12.1 Å². The van der Waals surface area contributed by atoms with Crippen molar-refractivity contribution in [1.82, 2.24) is 4.98 Å². The monoisotopic (exact) mass is 287 g/mol. The van der Waals surface area contributed by atoms with Gasteiger partial charge in [-0.3, -0.25) is 0 Å². The van der Waals surface area contributed by atoms with E-state index in [1.165, 1.54) is 7.11 Å². The van der Waals surface area contributed by atoms with Crippen molar-refractivity contribution in [2.45, 2.75) is 13.8 Å². The number of carbonyl (C=O) groups excluding carboxylic acids is 2. The van der Waals surface area contributed by atoms with Crippen LogP contribution < -0.4 is 0 Å². The molecule has 0 bridgehead atoms. The first-order valence-corrected chi connectivity index (χ1v) is 6.62. The molecule has 0 fully saturated rings. The van der Waals surface area contributed by atoms with Crippen LogP contribution in [0.25, 0.3) is 11.3 Å². The van der Waals surface area contributed by atoms with Gasteiger partial charge in [0.25, 0.3) is 0 Å². The second kappa shape index (κ2) is 6.26. The molecule has 0 unspecified atom stereocenters. The maximum Gasteiger partial charge on any atom is 0.339 e. The molecule has 2 aromatic rings. The van der Waals surface area contributed by atoms with E-state index < -0.39 is 0 Å². The Morgan fingerprint density at radius 2 is 1.81 bits per heavy atom. The highest BCUT2D eigenvalue weighted by atomic mass is 16.5. The van der Waals surface area contributed by atoms with Crippen LogP contribution in [0.1, 0.15) is 33.3 Å². The standard InChI is InChI=1S/C16H17NO4/c1-4-21-16(19)13-9-14(17-10(13)2)11-5-7-12(8-6-11)15(18)20-3/h5-9,17H,4H2,1-3H3. The molecule has 0 saturated heterocycles. The van der Waals surface area contributed by atoms with Crippen molar-refractivity contribution in [3.63, 3.8) is 0 Å². The third-order valence-corrected chi connectivity index (χ3v) is 3.13. The predicted octanol–water partition coefficient (Wildman–Crippen LogP) is 2.95. The highest BCUT2D eigenvalue weighted by Crippen LogP contribution is 2.23. The zero-order chi connectivity index (χ0) is 15.4. The minimum Gasteiger partial charge on any atom is -0.465 e. The normalized spacial score (nSPS) is 10.2. The van der Waals surface area contributed by atoms with Crippen LogP contribution in [0.2, 0.25) is 0 Å². The van der Waals surface area contributed by atoms with Crippen molar-refractivity contribution >= 4 is 11.9 Å². The molecule has 1 N–H and O–H groups in total. The average Bonchev–Trinajstić information content (AvgIpc) is 2.89. The van der Waals surface area contributed by atoms with Crippen LogP contribution in [0.3, 0.4) is 0 Å². The molecule has 0 atom stereocenters. The van der Waals surface area contributed by atoms with E-state index in [1.807, 2.05) is 6.92 Å². The van der Waals surface area contributed by atoms with Crippen LogP contribution in [0.15, 0.2) is 30.3 Å². The third-order valence-electron chi connectivity index (χ3n) is 3.13. The number of aromatic amines is 1. The number of aryl methyl sites for hydroxylation is 1. The first-order valence-electron chi connectivity index (χ1n) is 6.62. The van der Waals surface area contributed by atoms with Gasteiger partial charge in [-0.25, -0.2) is 9.59 Å². The number of H-pyrrole nitrogens is 1. The number of benzene rings is 1. The summed E-state index contributed by atoms with van der Waals surface area (Å²) >= 11 is 0. The summed E-state index contributed by atoms with van der Waals surface area (Å²) in [5.41, 5.74) is 3.42. The smallest absolute Gasteiger partial charge is 0.339 e. The molecule has 5 heteroatoms. The second-order valence-electron chi connectivity index (χ2n) is 4.51. The van der Waals surface area contributed by atoms with Gasteiger partial charge in [-0.2, -0.15) is 0 Å². The summed E-state index contributed by atoms with van der Waals surface area (Å²) in [4.78, 5) is 26.3. The van der Waals surface area contributed by atoms with Crippen molar-refractivity contribution in [3.05, 3.63) is 47.2 Å². The van der Waals surface area contributed by atoms with Crippen LogP contribution in [0, 0.1) is 6.92 Å². The number of ether oxygens (including phenoxy) is 2. The molecule has 0 saturated carbocycles. The Hall–Kier alpha value is -2.56. The lowest BCUT2D eigenvalue weighted by Crippen LogP contribution is -2.04. The van der Waals surface area contributed by atoms with Crippen LogP contribution in [0.5, 0.6) is 0 Å². The molecule has 1 heterocycles. The van der Waals surface area contributed by atoms with Crippen molar-refractivity contribution in [2.24, 2.45) is 0 Å². The molecule has 1 aromatic heterocycles. The van der Waals surface area contributed by atoms with Gasteiger partial charge in [0.1, 0.15) is 0 Å². The summed E-state index contributed by atoms with van der Waals surface area (Å²) in [5.74, 6) is -0.722. The molecule has 0 spiro atoms. The van der Waals surface area contributed by atoms with E-state index in [1.54, 1.807) is 37.3 Å². The molecule has 1 aromatic carbocycles. The van der Waals surface area contributed by atoms with E-state index >= 15 is 0 Å². The number of aromatic nitrogens is 1. The molecule has 0 radical (unpaired) electrons. The molecule has 0 aliphatic carbocycles. The van der Waals surface area contributed by atoms with E-state index in [9.17, 15) is 9.59 Å². The summed E-state index contributed by atoms with van der Waals surface area (Å²) in [6.07, 6.45) is 0. The van der Waals surface area contributed by atoms with E-state index in [2.05, 4.69) is 9.72 Å². The molecule has 110 valence electrons. The summed E-state index contributed by atoms with van der Waals surface area (Å²) in [6, 6.07) is 8.71. The van der Waals surface area contributed by atoms with Crippen molar-refractivity contribution < 1.29 is 19.1 Å².